The summed E-state index contributed by atoms with van der Waals surface area (Å²) in [4.78, 5) is 8.18. The van der Waals surface area contributed by atoms with Gasteiger partial charge in [0.1, 0.15) is 5.01 Å². The van der Waals surface area contributed by atoms with Gasteiger partial charge in [-0.1, -0.05) is 0 Å². The largest absolute Gasteiger partial charge is 0.367 e. The minimum atomic E-state index is 0.328. The first kappa shape index (κ1) is 8.12. The molecule has 0 aliphatic carbocycles. The number of nitrogens with two attached hydrogens (primary N) is 1. The summed E-state index contributed by atoms with van der Waals surface area (Å²) in [5, 5.41) is 0.836. The molecule has 0 radical (unpaired) electrons. The van der Waals surface area contributed by atoms with Gasteiger partial charge in [0.15, 0.2) is 0 Å². The minimum absolute atomic E-state index is 0.328. The maximum atomic E-state index is 5.43. The van der Waals surface area contributed by atoms with E-state index in [4.69, 9.17) is 5.73 Å². The molecule has 66 valence electrons. The Kier molecular flexibility index (Phi) is 1.94. The molecule has 0 spiro atoms. The van der Waals surface area contributed by atoms with Crippen molar-refractivity contribution >= 4 is 17.5 Å². The molecular formula is C8H8N4S. The highest BCUT2D eigenvalue weighted by Gasteiger charge is 2.03. The first-order valence-electron chi connectivity index (χ1n) is 3.78. The molecule has 2 rings (SSSR count). The number of anilines is 1. The number of pyridine rings is 1. The van der Waals surface area contributed by atoms with E-state index in [1.54, 1.807) is 6.20 Å². The molecule has 2 heterocycles. The third-order valence-corrected chi connectivity index (χ3v) is 2.36. The second-order valence-electron chi connectivity index (χ2n) is 2.64. The standard InChI is InChI=1S/C8H8N4S/c1-5-4-6(2-3-10-5)7-11-8(9)12-13-7/h2-4H,1H3,(H2,9,12). The zero-order valence-electron chi connectivity index (χ0n) is 7.06. The van der Waals surface area contributed by atoms with Gasteiger partial charge in [0, 0.05) is 17.5 Å². The molecule has 0 aliphatic rings. The van der Waals surface area contributed by atoms with Crippen molar-refractivity contribution < 1.29 is 0 Å². The van der Waals surface area contributed by atoms with Crippen LogP contribution in [0, 0.1) is 6.92 Å². The molecule has 0 unspecified atom stereocenters. The highest BCUT2D eigenvalue weighted by Crippen LogP contribution is 2.21. The lowest BCUT2D eigenvalue weighted by molar-refractivity contribution is 1.20. The molecule has 5 heteroatoms. The van der Waals surface area contributed by atoms with Crippen molar-refractivity contribution in [2.24, 2.45) is 0 Å². The van der Waals surface area contributed by atoms with Crippen LogP contribution >= 0.6 is 11.5 Å². The normalized spacial score (nSPS) is 10.2. The van der Waals surface area contributed by atoms with Gasteiger partial charge in [-0.05, 0) is 30.6 Å². The smallest absolute Gasteiger partial charge is 0.232 e. The number of aromatic nitrogens is 3. The van der Waals surface area contributed by atoms with Gasteiger partial charge in [0.2, 0.25) is 5.95 Å². The Morgan fingerprint density at radius 3 is 2.92 bits per heavy atom. The van der Waals surface area contributed by atoms with Crippen LogP contribution in [0.3, 0.4) is 0 Å². The highest BCUT2D eigenvalue weighted by molar-refractivity contribution is 7.09. The van der Waals surface area contributed by atoms with Crippen molar-refractivity contribution in [3.63, 3.8) is 0 Å². The van der Waals surface area contributed by atoms with E-state index in [-0.39, 0.29) is 0 Å². The van der Waals surface area contributed by atoms with Gasteiger partial charge in [-0.2, -0.15) is 9.36 Å². The zero-order valence-corrected chi connectivity index (χ0v) is 7.88. The topological polar surface area (TPSA) is 64.7 Å². The lowest BCUT2D eigenvalue weighted by Crippen LogP contribution is -1.86. The van der Waals surface area contributed by atoms with Gasteiger partial charge in [0.25, 0.3) is 0 Å². The summed E-state index contributed by atoms with van der Waals surface area (Å²) in [7, 11) is 0. The quantitative estimate of drug-likeness (QED) is 0.743. The predicted octanol–water partition coefficient (Wildman–Crippen LogP) is 1.49. The summed E-state index contributed by atoms with van der Waals surface area (Å²) in [5.41, 5.74) is 7.41. The molecular weight excluding hydrogens is 184 g/mol. The Bertz CT molecular complexity index is 424. The fraction of sp³-hybridized carbons (Fsp3) is 0.125. The summed E-state index contributed by atoms with van der Waals surface area (Å²) < 4.78 is 3.91. The fourth-order valence-corrected chi connectivity index (χ4v) is 1.62. The van der Waals surface area contributed by atoms with Crippen molar-refractivity contribution in [3.8, 4) is 10.6 Å². The van der Waals surface area contributed by atoms with E-state index in [0.29, 0.717) is 5.95 Å². The summed E-state index contributed by atoms with van der Waals surface area (Å²) in [6.07, 6.45) is 1.75. The monoisotopic (exact) mass is 192 g/mol. The van der Waals surface area contributed by atoms with Gasteiger partial charge in [-0.3, -0.25) is 4.98 Å². The van der Waals surface area contributed by atoms with Crippen molar-refractivity contribution in [1.82, 2.24) is 14.3 Å². The molecule has 0 atom stereocenters. The van der Waals surface area contributed by atoms with Crippen LogP contribution in [0.2, 0.25) is 0 Å². The number of hydrogen-bond acceptors (Lipinski definition) is 5. The molecule has 13 heavy (non-hydrogen) atoms. The average Bonchev–Trinajstić information content (AvgIpc) is 2.52. The zero-order chi connectivity index (χ0) is 9.26. The van der Waals surface area contributed by atoms with Crippen molar-refractivity contribution in [3.05, 3.63) is 24.0 Å². The van der Waals surface area contributed by atoms with Crippen LogP contribution in [0.1, 0.15) is 5.69 Å². The lowest BCUT2D eigenvalue weighted by Gasteiger charge is -1.95. The molecule has 0 fully saturated rings. The molecule has 0 saturated heterocycles. The fourth-order valence-electron chi connectivity index (χ4n) is 1.03. The van der Waals surface area contributed by atoms with Crippen LogP contribution in [0.4, 0.5) is 5.95 Å². The molecule has 2 aromatic rings. The summed E-state index contributed by atoms with van der Waals surface area (Å²) in [6.45, 7) is 1.94. The van der Waals surface area contributed by atoms with Gasteiger partial charge >= 0.3 is 0 Å². The van der Waals surface area contributed by atoms with E-state index in [1.165, 1.54) is 11.5 Å². The van der Waals surface area contributed by atoms with Crippen LogP contribution in [-0.2, 0) is 0 Å². The molecule has 4 nitrogen and oxygen atoms in total. The minimum Gasteiger partial charge on any atom is -0.367 e. The van der Waals surface area contributed by atoms with Crippen LogP contribution < -0.4 is 5.73 Å². The van der Waals surface area contributed by atoms with E-state index >= 15 is 0 Å². The van der Waals surface area contributed by atoms with E-state index < -0.39 is 0 Å². The number of rotatable bonds is 1. The van der Waals surface area contributed by atoms with E-state index in [0.717, 1.165) is 16.3 Å². The third-order valence-electron chi connectivity index (χ3n) is 1.59. The summed E-state index contributed by atoms with van der Waals surface area (Å²) in [5.74, 6) is 0.328. The van der Waals surface area contributed by atoms with E-state index in [1.807, 2.05) is 19.1 Å². The first-order chi connectivity index (χ1) is 6.25. The molecule has 0 aromatic carbocycles. The number of nitrogens with zero attached hydrogens (tertiary/aromatic N) is 3. The number of nitrogen functional groups attached to an aromatic ring is 1. The van der Waals surface area contributed by atoms with Gasteiger partial charge < -0.3 is 5.73 Å². The first-order valence-corrected chi connectivity index (χ1v) is 4.55. The molecule has 0 saturated carbocycles. The van der Waals surface area contributed by atoms with Crippen molar-refractivity contribution in [2.75, 3.05) is 5.73 Å². The Morgan fingerprint density at radius 1 is 1.46 bits per heavy atom. The Hall–Kier alpha value is -1.49. The van der Waals surface area contributed by atoms with Crippen LogP contribution in [0.15, 0.2) is 18.3 Å². The average molecular weight is 192 g/mol. The molecule has 0 bridgehead atoms. The van der Waals surface area contributed by atoms with E-state index in [9.17, 15) is 0 Å². The lowest BCUT2D eigenvalue weighted by atomic mass is 10.2. The Balaban J connectivity index is 2.46. The van der Waals surface area contributed by atoms with Crippen molar-refractivity contribution in [1.29, 1.82) is 0 Å². The Morgan fingerprint density at radius 2 is 2.31 bits per heavy atom. The highest BCUT2D eigenvalue weighted by atomic mass is 32.1. The van der Waals surface area contributed by atoms with Crippen LogP contribution in [0.25, 0.3) is 10.6 Å². The van der Waals surface area contributed by atoms with Crippen molar-refractivity contribution in [2.45, 2.75) is 6.92 Å². The molecule has 2 aromatic heterocycles. The van der Waals surface area contributed by atoms with Crippen LogP contribution in [0.5, 0.6) is 0 Å². The summed E-state index contributed by atoms with van der Waals surface area (Å²) >= 11 is 1.30. The maximum Gasteiger partial charge on any atom is 0.232 e. The summed E-state index contributed by atoms with van der Waals surface area (Å²) in [6, 6.07) is 3.85. The van der Waals surface area contributed by atoms with Gasteiger partial charge in [-0.25, -0.2) is 0 Å². The number of aryl methyl sites for hydroxylation is 1. The van der Waals surface area contributed by atoms with Gasteiger partial charge in [-0.15, -0.1) is 0 Å². The molecule has 0 amide bonds. The van der Waals surface area contributed by atoms with Crippen LogP contribution in [-0.4, -0.2) is 14.3 Å². The Labute approximate surface area is 79.6 Å². The number of hydrogen-bond donors (Lipinski definition) is 1. The molecule has 2 N–H and O–H groups in total. The second kappa shape index (κ2) is 3.10. The predicted molar refractivity (Wildman–Crippen MR) is 52.3 cm³/mol. The van der Waals surface area contributed by atoms with E-state index in [2.05, 4.69) is 14.3 Å². The van der Waals surface area contributed by atoms with Gasteiger partial charge in [0.05, 0.1) is 0 Å². The third kappa shape index (κ3) is 1.65. The molecule has 0 aliphatic heterocycles. The SMILES string of the molecule is Cc1cc(-c2nc(N)ns2)ccn1. The second-order valence-corrected chi connectivity index (χ2v) is 3.40. The maximum absolute atomic E-state index is 5.43.